The first-order chi connectivity index (χ1) is 7.63. The molecule has 1 aromatic carbocycles. The van der Waals surface area contributed by atoms with Gasteiger partial charge in [0.15, 0.2) is 0 Å². The van der Waals surface area contributed by atoms with Crippen LogP contribution in [0.2, 0.25) is 0 Å². The molecule has 0 aliphatic heterocycles. The predicted octanol–water partition coefficient (Wildman–Crippen LogP) is 3.27. The number of fused-ring (bicyclic) bond motifs is 1. The topological polar surface area (TPSA) is 25.2 Å². The lowest BCUT2D eigenvalue weighted by Crippen LogP contribution is -2.22. The maximum absolute atomic E-state index is 12.7. The van der Waals surface area contributed by atoms with Gasteiger partial charge in [0, 0.05) is 5.39 Å². The van der Waals surface area contributed by atoms with Crippen LogP contribution in [0, 0.1) is 6.92 Å². The van der Waals surface area contributed by atoms with E-state index in [1.807, 2.05) is 25.1 Å². The summed E-state index contributed by atoms with van der Waals surface area (Å²) in [5.74, 6) is 0.279. The molecular weight excluding hydrogens is 212 g/mol. The van der Waals surface area contributed by atoms with Crippen molar-refractivity contribution in [3.05, 3.63) is 35.6 Å². The molecule has 0 aliphatic rings. The van der Waals surface area contributed by atoms with Crippen LogP contribution in [0.3, 0.4) is 0 Å². The number of nitrogens with one attached hydrogen (secondary N) is 1. The van der Waals surface area contributed by atoms with Gasteiger partial charge in [0.05, 0.1) is 0 Å². The number of alkyl halides is 2. The van der Waals surface area contributed by atoms with Gasteiger partial charge in [-0.3, -0.25) is 0 Å². The average molecular weight is 225 g/mol. The van der Waals surface area contributed by atoms with Gasteiger partial charge in [-0.05, 0) is 25.6 Å². The molecular formula is C12H13F2NO. The second-order valence-corrected chi connectivity index (χ2v) is 3.74. The van der Waals surface area contributed by atoms with Crippen molar-refractivity contribution in [3.8, 4) is 0 Å². The van der Waals surface area contributed by atoms with E-state index < -0.39 is 12.5 Å². The van der Waals surface area contributed by atoms with E-state index in [-0.39, 0.29) is 5.76 Å². The van der Waals surface area contributed by atoms with Crippen molar-refractivity contribution in [2.45, 2.75) is 19.4 Å². The zero-order valence-electron chi connectivity index (χ0n) is 9.13. The molecule has 0 fully saturated rings. The first-order valence-electron chi connectivity index (χ1n) is 5.08. The summed E-state index contributed by atoms with van der Waals surface area (Å²) in [6.45, 7) is 1.90. The number of halogens is 2. The molecule has 2 rings (SSSR count). The lowest BCUT2D eigenvalue weighted by molar-refractivity contribution is 0.0928. The highest BCUT2D eigenvalue weighted by molar-refractivity contribution is 5.81. The van der Waals surface area contributed by atoms with Crippen LogP contribution in [-0.2, 0) is 0 Å². The molecule has 0 radical (unpaired) electrons. The van der Waals surface area contributed by atoms with E-state index >= 15 is 0 Å². The summed E-state index contributed by atoms with van der Waals surface area (Å²) < 4.78 is 30.9. The zero-order chi connectivity index (χ0) is 11.7. The Hall–Kier alpha value is -1.42. The third-order valence-corrected chi connectivity index (χ3v) is 2.63. The van der Waals surface area contributed by atoms with Crippen LogP contribution in [-0.4, -0.2) is 13.5 Å². The largest absolute Gasteiger partial charge is 0.459 e. The van der Waals surface area contributed by atoms with Crippen molar-refractivity contribution in [3.63, 3.8) is 0 Å². The maximum Gasteiger partial charge on any atom is 0.260 e. The van der Waals surface area contributed by atoms with E-state index in [2.05, 4.69) is 5.32 Å². The van der Waals surface area contributed by atoms with E-state index in [1.165, 1.54) is 7.05 Å². The molecule has 1 aromatic heterocycles. The lowest BCUT2D eigenvalue weighted by atomic mass is 10.1. The van der Waals surface area contributed by atoms with Crippen molar-refractivity contribution in [2.75, 3.05) is 7.05 Å². The average Bonchev–Trinajstić information content (AvgIpc) is 2.63. The summed E-state index contributed by atoms with van der Waals surface area (Å²) in [5.41, 5.74) is 1.63. The van der Waals surface area contributed by atoms with Gasteiger partial charge in [-0.1, -0.05) is 18.2 Å². The van der Waals surface area contributed by atoms with Crippen molar-refractivity contribution in [1.29, 1.82) is 0 Å². The standard InChI is InChI=1S/C12H13F2NO/c1-7-4-3-5-8-6-9(16-11(7)8)10(15-2)12(13)14/h3-6,10,12,15H,1-2H3. The van der Waals surface area contributed by atoms with Crippen molar-refractivity contribution >= 4 is 11.0 Å². The van der Waals surface area contributed by atoms with Gasteiger partial charge >= 0.3 is 0 Å². The molecule has 4 heteroatoms. The molecule has 1 heterocycles. The summed E-state index contributed by atoms with van der Waals surface area (Å²) in [4.78, 5) is 0. The number of para-hydroxylation sites is 1. The number of aryl methyl sites for hydroxylation is 1. The molecule has 0 aliphatic carbocycles. The Morgan fingerprint density at radius 3 is 2.62 bits per heavy atom. The number of benzene rings is 1. The Morgan fingerprint density at radius 2 is 2.06 bits per heavy atom. The maximum atomic E-state index is 12.7. The molecule has 2 nitrogen and oxygen atoms in total. The minimum Gasteiger partial charge on any atom is -0.459 e. The molecule has 0 amide bonds. The first-order valence-corrected chi connectivity index (χ1v) is 5.08. The molecule has 0 bridgehead atoms. The van der Waals surface area contributed by atoms with E-state index in [1.54, 1.807) is 6.07 Å². The third-order valence-electron chi connectivity index (χ3n) is 2.63. The second-order valence-electron chi connectivity index (χ2n) is 3.74. The molecule has 1 N–H and O–H groups in total. The molecule has 16 heavy (non-hydrogen) atoms. The van der Waals surface area contributed by atoms with Crippen LogP contribution < -0.4 is 5.32 Å². The Morgan fingerprint density at radius 1 is 1.31 bits per heavy atom. The van der Waals surface area contributed by atoms with Crippen molar-refractivity contribution in [2.24, 2.45) is 0 Å². The second kappa shape index (κ2) is 4.22. The Bertz CT molecular complexity index is 493. The van der Waals surface area contributed by atoms with Crippen LogP contribution in [0.5, 0.6) is 0 Å². The van der Waals surface area contributed by atoms with Crippen molar-refractivity contribution in [1.82, 2.24) is 5.32 Å². The lowest BCUT2D eigenvalue weighted by Gasteiger charge is -2.11. The fourth-order valence-corrected chi connectivity index (χ4v) is 1.77. The molecule has 0 spiro atoms. The fourth-order valence-electron chi connectivity index (χ4n) is 1.77. The Balaban J connectivity index is 2.50. The van der Waals surface area contributed by atoms with Gasteiger partial charge in [-0.25, -0.2) is 8.78 Å². The highest BCUT2D eigenvalue weighted by Gasteiger charge is 2.24. The Labute approximate surface area is 92.2 Å². The summed E-state index contributed by atoms with van der Waals surface area (Å²) in [6, 6.07) is 6.25. The van der Waals surface area contributed by atoms with Crippen LogP contribution in [0.15, 0.2) is 28.7 Å². The van der Waals surface area contributed by atoms with Gasteiger partial charge in [0.2, 0.25) is 0 Å². The highest BCUT2D eigenvalue weighted by atomic mass is 19.3. The number of furan rings is 1. The smallest absolute Gasteiger partial charge is 0.260 e. The normalized spacial score (nSPS) is 13.6. The van der Waals surface area contributed by atoms with E-state index in [9.17, 15) is 8.78 Å². The van der Waals surface area contributed by atoms with E-state index in [4.69, 9.17) is 4.42 Å². The van der Waals surface area contributed by atoms with Crippen LogP contribution in [0.1, 0.15) is 17.4 Å². The van der Waals surface area contributed by atoms with Gasteiger partial charge < -0.3 is 9.73 Å². The monoisotopic (exact) mass is 225 g/mol. The molecule has 0 saturated carbocycles. The third kappa shape index (κ3) is 1.80. The van der Waals surface area contributed by atoms with Crippen LogP contribution in [0.25, 0.3) is 11.0 Å². The molecule has 1 atom stereocenters. The first kappa shape index (κ1) is 11.1. The van der Waals surface area contributed by atoms with Crippen LogP contribution in [0.4, 0.5) is 8.78 Å². The predicted molar refractivity (Wildman–Crippen MR) is 58.8 cm³/mol. The van der Waals surface area contributed by atoms with Gasteiger partial charge in [0.25, 0.3) is 6.43 Å². The molecule has 0 saturated heterocycles. The Kier molecular flexibility index (Phi) is 2.92. The summed E-state index contributed by atoms with van der Waals surface area (Å²) >= 11 is 0. The van der Waals surface area contributed by atoms with Gasteiger partial charge in [0.1, 0.15) is 17.4 Å². The molecule has 2 aromatic rings. The highest BCUT2D eigenvalue weighted by Crippen LogP contribution is 2.28. The number of rotatable bonds is 3. The molecule has 1 unspecified atom stereocenters. The fraction of sp³-hybridized carbons (Fsp3) is 0.333. The quantitative estimate of drug-likeness (QED) is 0.867. The minimum absolute atomic E-state index is 0.279. The van der Waals surface area contributed by atoms with Crippen molar-refractivity contribution < 1.29 is 13.2 Å². The number of hydrogen-bond donors (Lipinski definition) is 1. The minimum atomic E-state index is -2.48. The van der Waals surface area contributed by atoms with E-state index in [0.29, 0.717) is 5.58 Å². The summed E-state index contributed by atoms with van der Waals surface area (Å²) in [6.07, 6.45) is -2.48. The SMILES string of the molecule is CNC(c1cc2cccc(C)c2o1)C(F)F. The van der Waals surface area contributed by atoms with Gasteiger partial charge in [-0.2, -0.15) is 0 Å². The van der Waals surface area contributed by atoms with E-state index in [0.717, 1.165) is 10.9 Å². The van der Waals surface area contributed by atoms with Gasteiger partial charge in [-0.15, -0.1) is 0 Å². The summed E-state index contributed by atoms with van der Waals surface area (Å²) in [7, 11) is 1.50. The zero-order valence-corrected chi connectivity index (χ0v) is 9.13. The van der Waals surface area contributed by atoms with Crippen LogP contribution >= 0.6 is 0 Å². The summed E-state index contributed by atoms with van der Waals surface area (Å²) in [5, 5.41) is 3.41. The molecule has 86 valence electrons. The number of hydrogen-bond acceptors (Lipinski definition) is 2.